The number of nitrogens with two attached hydrogens (primary N) is 1. The lowest BCUT2D eigenvalue weighted by molar-refractivity contribution is 0.433. The minimum atomic E-state index is -0.385. The van der Waals surface area contributed by atoms with Gasteiger partial charge in [-0.3, -0.25) is 0 Å². The van der Waals surface area contributed by atoms with Crippen LogP contribution < -0.4 is 5.73 Å². The maximum atomic E-state index is 6.12. The van der Waals surface area contributed by atoms with Crippen LogP contribution in [0.4, 0.5) is 0 Å². The predicted molar refractivity (Wildman–Crippen MR) is 73.4 cm³/mol. The number of furan rings is 2. The van der Waals surface area contributed by atoms with Crippen molar-refractivity contribution in [2.24, 2.45) is 5.73 Å². The molecule has 1 atom stereocenters. The average Bonchev–Trinajstić information content (AvgIpc) is 2.93. The van der Waals surface area contributed by atoms with Gasteiger partial charge < -0.3 is 14.6 Å². The van der Waals surface area contributed by atoms with E-state index in [4.69, 9.17) is 14.6 Å². The van der Waals surface area contributed by atoms with E-state index >= 15 is 0 Å². The van der Waals surface area contributed by atoms with Gasteiger partial charge in [0.15, 0.2) is 4.67 Å². The predicted octanol–water partition coefficient (Wildman–Crippen LogP) is 4.14. The molecule has 0 fully saturated rings. The molecule has 18 heavy (non-hydrogen) atoms. The number of aryl methyl sites for hydroxylation is 1. The van der Waals surface area contributed by atoms with Crippen molar-refractivity contribution in [1.29, 1.82) is 0 Å². The highest BCUT2D eigenvalue weighted by molar-refractivity contribution is 9.10. The maximum Gasteiger partial charge on any atom is 0.169 e. The second-order valence-corrected chi connectivity index (χ2v) is 5.09. The molecule has 0 bridgehead atoms. The van der Waals surface area contributed by atoms with Crippen LogP contribution in [0.2, 0.25) is 0 Å². The molecule has 0 saturated carbocycles. The van der Waals surface area contributed by atoms with Gasteiger partial charge in [0, 0.05) is 5.39 Å². The number of halogens is 1. The van der Waals surface area contributed by atoms with E-state index in [-0.39, 0.29) is 6.04 Å². The summed E-state index contributed by atoms with van der Waals surface area (Å²) in [6, 6.07) is 11.3. The van der Waals surface area contributed by atoms with Gasteiger partial charge in [0.25, 0.3) is 0 Å². The summed E-state index contributed by atoms with van der Waals surface area (Å²) in [6.07, 6.45) is 0. The molecule has 92 valence electrons. The Morgan fingerprint density at radius 1 is 1.06 bits per heavy atom. The van der Waals surface area contributed by atoms with Crippen LogP contribution in [0.15, 0.2) is 49.9 Å². The topological polar surface area (TPSA) is 52.3 Å². The summed E-state index contributed by atoms with van der Waals surface area (Å²) in [4.78, 5) is 0. The van der Waals surface area contributed by atoms with Gasteiger partial charge in [0.05, 0.1) is 0 Å². The zero-order chi connectivity index (χ0) is 12.7. The van der Waals surface area contributed by atoms with Gasteiger partial charge in [-0.15, -0.1) is 0 Å². The summed E-state index contributed by atoms with van der Waals surface area (Å²) >= 11 is 3.26. The summed E-state index contributed by atoms with van der Waals surface area (Å²) in [5, 5.41) is 1.06. The van der Waals surface area contributed by atoms with Crippen LogP contribution in [0.3, 0.4) is 0 Å². The van der Waals surface area contributed by atoms with Gasteiger partial charge in [-0.1, -0.05) is 11.6 Å². The van der Waals surface area contributed by atoms with E-state index in [2.05, 4.69) is 28.9 Å². The minimum Gasteiger partial charge on any atom is -0.459 e. The summed E-state index contributed by atoms with van der Waals surface area (Å²) in [5.41, 5.74) is 8.17. The summed E-state index contributed by atoms with van der Waals surface area (Å²) in [6.45, 7) is 2.05. The van der Waals surface area contributed by atoms with Crippen LogP contribution in [0.5, 0.6) is 0 Å². The van der Waals surface area contributed by atoms with Gasteiger partial charge in [0.1, 0.15) is 23.1 Å². The van der Waals surface area contributed by atoms with Gasteiger partial charge in [-0.2, -0.15) is 0 Å². The highest BCUT2D eigenvalue weighted by atomic mass is 79.9. The molecular weight excluding hydrogens is 294 g/mol. The first kappa shape index (κ1) is 11.6. The Bertz CT molecular complexity index is 699. The first-order chi connectivity index (χ1) is 8.63. The fourth-order valence-corrected chi connectivity index (χ4v) is 2.29. The fourth-order valence-electron chi connectivity index (χ4n) is 1.97. The van der Waals surface area contributed by atoms with E-state index in [9.17, 15) is 0 Å². The molecule has 2 heterocycles. The molecule has 1 unspecified atom stereocenters. The van der Waals surface area contributed by atoms with E-state index < -0.39 is 0 Å². The van der Waals surface area contributed by atoms with Crippen molar-refractivity contribution < 1.29 is 8.83 Å². The largest absolute Gasteiger partial charge is 0.459 e. The van der Waals surface area contributed by atoms with E-state index in [1.54, 1.807) is 0 Å². The average molecular weight is 306 g/mol. The number of fused-ring (bicyclic) bond motifs is 1. The molecular formula is C14H12BrNO2. The van der Waals surface area contributed by atoms with Gasteiger partial charge in [-0.05, 0) is 53.2 Å². The zero-order valence-electron chi connectivity index (χ0n) is 9.81. The molecule has 2 N–H and O–H groups in total. The molecule has 0 amide bonds. The Labute approximate surface area is 113 Å². The van der Waals surface area contributed by atoms with Crippen LogP contribution in [-0.2, 0) is 0 Å². The van der Waals surface area contributed by atoms with Crippen molar-refractivity contribution >= 4 is 26.9 Å². The lowest BCUT2D eigenvalue weighted by Gasteiger charge is -2.03. The summed E-state index contributed by atoms with van der Waals surface area (Å²) in [7, 11) is 0. The molecule has 3 rings (SSSR count). The molecule has 0 aliphatic heterocycles. The van der Waals surface area contributed by atoms with Crippen LogP contribution in [0, 0.1) is 6.92 Å². The SMILES string of the molecule is Cc1ccc2oc(C(N)c3ccc(Br)o3)cc2c1. The third-order valence-electron chi connectivity index (χ3n) is 2.90. The molecule has 3 aromatic rings. The molecule has 0 aliphatic carbocycles. The van der Waals surface area contributed by atoms with Crippen molar-refractivity contribution in [2.75, 3.05) is 0 Å². The Morgan fingerprint density at radius 2 is 1.89 bits per heavy atom. The third kappa shape index (κ3) is 1.98. The van der Waals surface area contributed by atoms with Crippen LogP contribution in [-0.4, -0.2) is 0 Å². The van der Waals surface area contributed by atoms with Crippen molar-refractivity contribution in [3.05, 3.63) is 58.2 Å². The van der Waals surface area contributed by atoms with E-state index in [1.807, 2.05) is 30.3 Å². The van der Waals surface area contributed by atoms with Crippen LogP contribution in [0.1, 0.15) is 23.1 Å². The van der Waals surface area contributed by atoms with Gasteiger partial charge >= 0.3 is 0 Å². The van der Waals surface area contributed by atoms with Crippen molar-refractivity contribution in [3.63, 3.8) is 0 Å². The Morgan fingerprint density at radius 3 is 2.61 bits per heavy atom. The summed E-state index contributed by atoms with van der Waals surface area (Å²) < 4.78 is 11.9. The Kier molecular flexibility index (Phi) is 2.76. The molecule has 0 aliphatic rings. The number of hydrogen-bond acceptors (Lipinski definition) is 3. The normalized spacial score (nSPS) is 13.1. The number of benzene rings is 1. The molecule has 4 heteroatoms. The summed E-state index contributed by atoms with van der Waals surface area (Å²) in [5.74, 6) is 1.38. The van der Waals surface area contributed by atoms with Crippen LogP contribution in [0.25, 0.3) is 11.0 Å². The van der Waals surface area contributed by atoms with E-state index in [0.717, 1.165) is 11.0 Å². The number of rotatable bonds is 2. The first-order valence-corrected chi connectivity index (χ1v) is 6.44. The lowest BCUT2D eigenvalue weighted by Crippen LogP contribution is -2.09. The quantitative estimate of drug-likeness (QED) is 0.774. The minimum absolute atomic E-state index is 0.385. The first-order valence-electron chi connectivity index (χ1n) is 5.64. The van der Waals surface area contributed by atoms with Gasteiger partial charge in [-0.25, -0.2) is 0 Å². The molecule has 3 nitrogen and oxygen atoms in total. The highest BCUT2D eigenvalue weighted by Crippen LogP contribution is 2.29. The van der Waals surface area contributed by atoms with Gasteiger partial charge in [0.2, 0.25) is 0 Å². The maximum absolute atomic E-state index is 6.12. The van der Waals surface area contributed by atoms with E-state index in [1.165, 1.54) is 5.56 Å². The van der Waals surface area contributed by atoms with E-state index in [0.29, 0.717) is 16.2 Å². The highest BCUT2D eigenvalue weighted by Gasteiger charge is 2.17. The molecule has 0 spiro atoms. The fraction of sp³-hybridized carbons (Fsp3) is 0.143. The second kappa shape index (κ2) is 4.30. The van der Waals surface area contributed by atoms with Crippen molar-refractivity contribution in [2.45, 2.75) is 13.0 Å². The standard InChI is InChI=1S/C14H12BrNO2/c1-8-2-3-10-9(6-8)7-12(17-10)14(16)11-4-5-13(15)18-11/h2-7,14H,16H2,1H3. The Hall–Kier alpha value is -1.52. The second-order valence-electron chi connectivity index (χ2n) is 4.31. The van der Waals surface area contributed by atoms with Crippen molar-refractivity contribution in [3.8, 4) is 0 Å². The zero-order valence-corrected chi connectivity index (χ0v) is 11.4. The molecule has 0 saturated heterocycles. The molecule has 2 aromatic heterocycles. The monoisotopic (exact) mass is 305 g/mol. The molecule has 0 radical (unpaired) electrons. The smallest absolute Gasteiger partial charge is 0.169 e. The molecule has 1 aromatic carbocycles. The van der Waals surface area contributed by atoms with Crippen LogP contribution >= 0.6 is 15.9 Å². The Balaban J connectivity index is 2.03. The lowest BCUT2D eigenvalue weighted by atomic mass is 10.1. The van der Waals surface area contributed by atoms with Crippen molar-refractivity contribution in [1.82, 2.24) is 0 Å². The third-order valence-corrected chi connectivity index (χ3v) is 3.32. The number of hydrogen-bond donors (Lipinski definition) is 1.